The number of benzene rings is 1. The van der Waals surface area contributed by atoms with Gasteiger partial charge in [-0.15, -0.1) is 0 Å². The first-order valence-corrected chi connectivity index (χ1v) is 6.53. The van der Waals surface area contributed by atoms with Crippen LogP contribution < -0.4 is 0 Å². The van der Waals surface area contributed by atoms with Crippen LogP contribution in [0.3, 0.4) is 0 Å². The fraction of sp³-hybridized carbons (Fsp3) is 0.533. The summed E-state index contributed by atoms with van der Waals surface area (Å²) in [4.78, 5) is 14.5. The van der Waals surface area contributed by atoms with E-state index in [4.69, 9.17) is 4.74 Å². The normalized spacial score (nSPS) is 25.1. The minimum atomic E-state index is 0.203. The van der Waals surface area contributed by atoms with Crippen molar-refractivity contribution in [2.75, 3.05) is 19.6 Å². The average Bonchev–Trinajstić information content (AvgIpc) is 2.27. The van der Waals surface area contributed by atoms with E-state index in [0.717, 1.165) is 24.2 Å². The number of hydrogen-bond acceptors (Lipinski definition) is 3. The Hall–Kier alpha value is -1.19. The van der Waals surface area contributed by atoms with Crippen molar-refractivity contribution in [3.05, 3.63) is 35.4 Å². The summed E-state index contributed by atoms with van der Waals surface area (Å²) in [6.45, 7) is 8.26. The zero-order valence-electron chi connectivity index (χ0n) is 11.3. The van der Waals surface area contributed by atoms with Crippen molar-refractivity contribution in [2.24, 2.45) is 0 Å². The minimum absolute atomic E-state index is 0.203. The average molecular weight is 247 g/mol. The van der Waals surface area contributed by atoms with Gasteiger partial charge in [0.15, 0.2) is 5.78 Å². The van der Waals surface area contributed by atoms with Crippen LogP contribution in [0.15, 0.2) is 24.3 Å². The van der Waals surface area contributed by atoms with Crippen molar-refractivity contribution >= 4 is 5.78 Å². The van der Waals surface area contributed by atoms with Gasteiger partial charge in [0.25, 0.3) is 0 Å². The van der Waals surface area contributed by atoms with Crippen molar-refractivity contribution < 1.29 is 9.53 Å². The Kier molecular flexibility index (Phi) is 4.15. The second-order valence-corrected chi connectivity index (χ2v) is 5.19. The Morgan fingerprint density at radius 2 is 1.89 bits per heavy atom. The van der Waals surface area contributed by atoms with Crippen molar-refractivity contribution in [3.63, 3.8) is 0 Å². The van der Waals surface area contributed by atoms with Gasteiger partial charge in [0.1, 0.15) is 0 Å². The van der Waals surface area contributed by atoms with Crippen molar-refractivity contribution in [3.8, 4) is 0 Å². The lowest BCUT2D eigenvalue weighted by atomic mass is 10.0. The lowest BCUT2D eigenvalue weighted by molar-refractivity contribution is -0.0652. The number of carbonyl (C=O) groups excluding carboxylic acids is 1. The summed E-state index contributed by atoms with van der Waals surface area (Å²) in [6, 6.07) is 7.78. The number of hydrogen-bond donors (Lipinski definition) is 0. The molecule has 1 aromatic carbocycles. The Bertz CT molecular complexity index is 420. The van der Waals surface area contributed by atoms with Crippen LogP contribution in [0, 0.1) is 6.92 Å². The van der Waals surface area contributed by atoms with Gasteiger partial charge >= 0.3 is 0 Å². The predicted octanol–water partition coefficient (Wildman–Crippen LogP) is 2.29. The maximum absolute atomic E-state index is 12.3. The van der Waals surface area contributed by atoms with Crippen LogP contribution in [0.2, 0.25) is 0 Å². The number of Topliss-reactive ketones (excluding diaryl/α,β-unsaturated/α-hetero) is 1. The molecule has 0 N–H and O–H groups in total. The largest absolute Gasteiger partial charge is 0.373 e. The van der Waals surface area contributed by atoms with Gasteiger partial charge in [-0.25, -0.2) is 0 Å². The molecule has 1 heterocycles. The molecule has 3 nitrogen and oxygen atoms in total. The van der Waals surface area contributed by atoms with Crippen LogP contribution in [0.5, 0.6) is 0 Å². The van der Waals surface area contributed by atoms with Gasteiger partial charge in [0, 0.05) is 18.7 Å². The highest BCUT2D eigenvalue weighted by Crippen LogP contribution is 2.13. The summed E-state index contributed by atoms with van der Waals surface area (Å²) in [5.41, 5.74) is 1.89. The number of aryl methyl sites for hydroxylation is 1. The van der Waals surface area contributed by atoms with Gasteiger partial charge in [-0.05, 0) is 26.3 Å². The zero-order valence-corrected chi connectivity index (χ0v) is 11.3. The van der Waals surface area contributed by atoms with E-state index in [2.05, 4.69) is 18.7 Å². The molecule has 1 aliphatic rings. The maximum Gasteiger partial charge on any atom is 0.177 e. The number of ether oxygens (including phenoxy) is 1. The molecular weight excluding hydrogens is 226 g/mol. The van der Waals surface area contributed by atoms with E-state index in [1.165, 1.54) is 0 Å². The molecule has 0 radical (unpaired) electrons. The topological polar surface area (TPSA) is 29.5 Å². The summed E-state index contributed by atoms with van der Waals surface area (Å²) < 4.78 is 5.67. The molecule has 2 rings (SSSR count). The Labute approximate surface area is 109 Å². The molecule has 0 aliphatic carbocycles. The van der Waals surface area contributed by atoms with Crippen LogP contribution in [0.1, 0.15) is 29.8 Å². The van der Waals surface area contributed by atoms with Gasteiger partial charge < -0.3 is 4.74 Å². The third kappa shape index (κ3) is 3.18. The molecule has 0 aromatic heterocycles. The fourth-order valence-electron chi connectivity index (χ4n) is 2.59. The first-order chi connectivity index (χ1) is 8.56. The van der Waals surface area contributed by atoms with E-state index in [1.807, 2.05) is 31.2 Å². The van der Waals surface area contributed by atoms with E-state index in [0.29, 0.717) is 6.54 Å². The van der Waals surface area contributed by atoms with Gasteiger partial charge in [-0.2, -0.15) is 0 Å². The Balaban J connectivity index is 2.01. The highest BCUT2D eigenvalue weighted by molar-refractivity contribution is 5.98. The lowest BCUT2D eigenvalue weighted by Gasteiger charge is -2.34. The quantitative estimate of drug-likeness (QED) is 0.767. The third-order valence-corrected chi connectivity index (χ3v) is 3.31. The molecule has 1 saturated heterocycles. The van der Waals surface area contributed by atoms with Crippen molar-refractivity contribution in [2.45, 2.75) is 33.0 Å². The second-order valence-electron chi connectivity index (χ2n) is 5.19. The number of ketones is 1. The summed E-state index contributed by atoms with van der Waals surface area (Å²) in [7, 11) is 0. The summed E-state index contributed by atoms with van der Waals surface area (Å²) in [6.07, 6.45) is 0.414. The smallest absolute Gasteiger partial charge is 0.177 e. The molecular formula is C15H21NO2. The lowest BCUT2D eigenvalue weighted by Crippen LogP contribution is -2.47. The Morgan fingerprint density at radius 3 is 2.50 bits per heavy atom. The number of nitrogens with zero attached hydrogens (tertiary/aromatic N) is 1. The van der Waals surface area contributed by atoms with E-state index in [9.17, 15) is 4.79 Å². The van der Waals surface area contributed by atoms with E-state index in [-0.39, 0.29) is 18.0 Å². The molecule has 0 unspecified atom stereocenters. The fourth-order valence-corrected chi connectivity index (χ4v) is 2.59. The minimum Gasteiger partial charge on any atom is -0.373 e. The molecule has 98 valence electrons. The summed E-state index contributed by atoms with van der Waals surface area (Å²) in [5, 5.41) is 0. The predicted molar refractivity (Wildman–Crippen MR) is 72.0 cm³/mol. The summed E-state index contributed by atoms with van der Waals surface area (Å²) in [5.74, 6) is 0.203. The number of morpholine rings is 1. The van der Waals surface area contributed by atoms with E-state index in [1.54, 1.807) is 0 Å². The molecule has 0 amide bonds. The number of carbonyl (C=O) groups is 1. The van der Waals surface area contributed by atoms with Gasteiger partial charge in [0.2, 0.25) is 0 Å². The van der Waals surface area contributed by atoms with Gasteiger partial charge in [-0.1, -0.05) is 24.3 Å². The molecule has 0 bridgehead atoms. The molecule has 0 spiro atoms. The van der Waals surface area contributed by atoms with Crippen molar-refractivity contribution in [1.82, 2.24) is 4.90 Å². The monoisotopic (exact) mass is 247 g/mol. The van der Waals surface area contributed by atoms with Crippen molar-refractivity contribution in [1.29, 1.82) is 0 Å². The molecule has 1 fully saturated rings. The second kappa shape index (κ2) is 5.63. The molecule has 18 heavy (non-hydrogen) atoms. The highest BCUT2D eigenvalue weighted by Gasteiger charge is 2.24. The number of rotatable bonds is 3. The van der Waals surface area contributed by atoms with Crippen LogP contribution >= 0.6 is 0 Å². The van der Waals surface area contributed by atoms with Crippen LogP contribution in [-0.2, 0) is 4.74 Å². The van der Waals surface area contributed by atoms with E-state index >= 15 is 0 Å². The molecule has 3 heteroatoms. The summed E-state index contributed by atoms with van der Waals surface area (Å²) >= 11 is 0. The third-order valence-electron chi connectivity index (χ3n) is 3.31. The van der Waals surface area contributed by atoms with Crippen LogP contribution in [0.4, 0.5) is 0 Å². The maximum atomic E-state index is 12.3. The molecule has 1 aliphatic heterocycles. The van der Waals surface area contributed by atoms with Crippen LogP contribution in [-0.4, -0.2) is 42.5 Å². The van der Waals surface area contributed by atoms with Crippen LogP contribution in [0.25, 0.3) is 0 Å². The molecule has 1 aromatic rings. The molecule has 2 atom stereocenters. The Morgan fingerprint density at radius 1 is 1.28 bits per heavy atom. The molecule has 0 saturated carbocycles. The van der Waals surface area contributed by atoms with E-state index < -0.39 is 0 Å². The van der Waals surface area contributed by atoms with Gasteiger partial charge in [0.05, 0.1) is 18.8 Å². The first kappa shape index (κ1) is 13.2. The first-order valence-electron chi connectivity index (χ1n) is 6.53. The standard InChI is InChI=1S/C15H21NO2/c1-11-6-4-5-7-14(11)15(17)10-16-8-12(2)18-13(3)9-16/h4-7,12-13H,8-10H2,1-3H3/t12-,13+. The zero-order chi connectivity index (χ0) is 13.1. The SMILES string of the molecule is Cc1ccccc1C(=O)CN1C[C@@H](C)O[C@@H](C)C1. The highest BCUT2D eigenvalue weighted by atomic mass is 16.5. The van der Waals surface area contributed by atoms with Gasteiger partial charge in [-0.3, -0.25) is 9.69 Å².